The minimum Gasteiger partial charge on any atom is -0.389 e. The summed E-state index contributed by atoms with van der Waals surface area (Å²) >= 11 is 0. The summed E-state index contributed by atoms with van der Waals surface area (Å²) in [6.07, 6.45) is 6.40. The quantitative estimate of drug-likeness (QED) is 0.653. The van der Waals surface area contributed by atoms with Crippen LogP contribution in [0, 0.1) is 18.3 Å². The van der Waals surface area contributed by atoms with E-state index in [1.165, 1.54) is 0 Å². The number of β-amino-alcohol motifs (C(OH)–C–C–N with tert-alkyl or cyclic N) is 1. The molecule has 0 radical (unpaired) electrons. The van der Waals surface area contributed by atoms with Crippen molar-refractivity contribution >= 4 is 0 Å². The van der Waals surface area contributed by atoms with Crippen LogP contribution >= 0.6 is 0 Å². The van der Waals surface area contributed by atoms with Crippen molar-refractivity contribution in [3.8, 4) is 12.3 Å². The first-order chi connectivity index (χ1) is 6.26. The maximum atomic E-state index is 12.0. The molecule has 2 nitrogen and oxygen atoms in total. The molecule has 1 unspecified atom stereocenters. The highest BCUT2D eigenvalue weighted by Gasteiger charge is 2.19. The smallest absolute Gasteiger partial charge is 0.117 e. The van der Waals surface area contributed by atoms with E-state index >= 15 is 0 Å². The highest BCUT2D eigenvalue weighted by molar-refractivity contribution is 4.95. The molecule has 0 bridgehead atoms. The summed E-state index contributed by atoms with van der Waals surface area (Å²) < 4.78 is 12.0. The number of aliphatic hydroxyl groups excluding tert-OH is 1. The van der Waals surface area contributed by atoms with E-state index < -0.39 is 12.8 Å². The molecule has 1 rings (SSSR count). The fourth-order valence-electron chi connectivity index (χ4n) is 1.63. The Kier molecular flexibility index (Phi) is 4.20. The van der Waals surface area contributed by atoms with Crippen LogP contribution in [0.15, 0.2) is 0 Å². The molecule has 1 aliphatic heterocycles. The molecule has 0 aromatic rings. The van der Waals surface area contributed by atoms with Crippen LogP contribution in [0.5, 0.6) is 0 Å². The average molecular weight is 185 g/mol. The second kappa shape index (κ2) is 5.21. The van der Waals surface area contributed by atoms with E-state index in [2.05, 4.69) is 10.8 Å². The first-order valence-corrected chi connectivity index (χ1v) is 4.68. The lowest BCUT2D eigenvalue weighted by Crippen LogP contribution is -2.39. The second-order valence-corrected chi connectivity index (χ2v) is 3.55. The van der Waals surface area contributed by atoms with Crippen molar-refractivity contribution < 1.29 is 9.50 Å². The molecule has 1 saturated heterocycles. The summed E-state index contributed by atoms with van der Waals surface area (Å²) in [5, 5.41) is 9.08. The molecule has 0 aromatic carbocycles. The zero-order valence-electron chi connectivity index (χ0n) is 7.75. The molecule has 13 heavy (non-hydrogen) atoms. The molecule has 0 amide bonds. The lowest BCUT2D eigenvalue weighted by molar-refractivity contribution is 0.0767. The van der Waals surface area contributed by atoms with Crippen LogP contribution in [0.4, 0.5) is 4.39 Å². The van der Waals surface area contributed by atoms with Crippen molar-refractivity contribution in [2.24, 2.45) is 5.92 Å². The number of likely N-dealkylation sites (tertiary alicyclic amines) is 1. The van der Waals surface area contributed by atoms with Gasteiger partial charge in [0.1, 0.15) is 6.67 Å². The SMILES string of the molecule is C#CC1CCN(CC(O)CF)CC1. The molecule has 0 aliphatic carbocycles. The molecule has 1 aliphatic rings. The Morgan fingerprint density at radius 2 is 2.15 bits per heavy atom. The van der Waals surface area contributed by atoms with Gasteiger partial charge in [0.2, 0.25) is 0 Å². The number of halogens is 1. The zero-order chi connectivity index (χ0) is 9.68. The minimum atomic E-state index is -0.831. The molecule has 0 aromatic heterocycles. The molecular weight excluding hydrogens is 169 g/mol. The number of hydrogen-bond donors (Lipinski definition) is 1. The van der Waals surface area contributed by atoms with E-state index in [0.29, 0.717) is 12.5 Å². The van der Waals surface area contributed by atoms with Crippen molar-refractivity contribution in [1.82, 2.24) is 4.90 Å². The summed E-state index contributed by atoms with van der Waals surface area (Å²) in [5.41, 5.74) is 0. The number of hydrogen-bond acceptors (Lipinski definition) is 2. The highest BCUT2D eigenvalue weighted by atomic mass is 19.1. The highest BCUT2D eigenvalue weighted by Crippen LogP contribution is 2.15. The molecule has 0 saturated carbocycles. The van der Waals surface area contributed by atoms with E-state index in [9.17, 15) is 4.39 Å². The maximum Gasteiger partial charge on any atom is 0.117 e. The van der Waals surface area contributed by atoms with Crippen LogP contribution in [0.1, 0.15) is 12.8 Å². The molecular formula is C10H16FNO. The third-order valence-electron chi connectivity index (χ3n) is 2.47. The molecule has 1 atom stereocenters. The Morgan fingerprint density at radius 1 is 1.54 bits per heavy atom. The Labute approximate surface area is 78.7 Å². The normalized spacial score (nSPS) is 22.5. The van der Waals surface area contributed by atoms with Crippen LogP contribution in [-0.2, 0) is 0 Å². The van der Waals surface area contributed by atoms with Gasteiger partial charge in [0.05, 0.1) is 6.10 Å². The third-order valence-corrected chi connectivity index (χ3v) is 2.47. The van der Waals surface area contributed by atoms with Crippen molar-refractivity contribution in [2.75, 3.05) is 26.3 Å². The fourth-order valence-corrected chi connectivity index (χ4v) is 1.63. The van der Waals surface area contributed by atoms with E-state index in [1.807, 2.05) is 0 Å². The van der Waals surface area contributed by atoms with E-state index in [0.717, 1.165) is 25.9 Å². The van der Waals surface area contributed by atoms with Gasteiger partial charge < -0.3 is 10.0 Å². The summed E-state index contributed by atoms with van der Waals surface area (Å²) in [5.74, 6) is 3.10. The van der Waals surface area contributed by atoms with E-state index in [4.69, 9.17) is 11.5 Å². The standard InChI is InChI=1S/C10H16FNO/c1-2-9-3-5-12(6-4-9)8-10(13)7-11/h1,9-10,13H,3-8H2. The van der Waals surface area contributed by atoms with Gasteiger partial charge in [0.25, 0.3) is 0 Å². The second-order valence-electron chi connectivity index (χ2n) is 3.55. The monoisotopic (exact) mass is 185 g/mol. The van der Waals surface area contributed by atoms with Crippen molar-refractivity contribution in [3.05, 3.63) is 0 Å². The van der Waals surface area contributed by atoms with Crippen molar-refractivity contribution in [1.29, 1.82) is 0 Å². The van der Waals surface area contributed by atoms with E-state index in [1.54, 1.807) is 0 Å². The van der Waals surface area contributed by atoms with Crippen LogP contribution in [0.25, 0.3) is 0 Å². The number of piperidine rings is 1. The zero-order valence-corrected chi connectivity index (χ0v) is 7.75. The first kappa shape index (κ1) is 10.5. The van der Waals surface area contributed by atoms with Gasteiger partial charge in [0, 0.05) is 12.5 Å². The third kappa shape index (κ3) is 3.33. The van der Waals surface area contributed by atoms with Crippen LogP contribution in [-0.4, -0.2) is 42.4 Å². The molecule has 0 spiro atoms. The van der Waals surface area contributed by atoms with Gasteiger partial charge in [-0.3, -0.25) is 0 Å². The summed E-state index contributed by atoms with van der Waals surface area (Å²) in [7, 11) is 0. The van der Waals surface area contributed by atoms with Gasteiger partial charge in [0.15, 0.2) is 0 Å². The Hall–Kier alpha value is -0.590. The van der Waals surface area contributed by atoms with Gasteiger partial charge in [-0.05, 0) is 25.9 Å². The Morgan fingerprint density at radius 3 is 2.62 bits per heavy atom. The predicted molar refractivity (Wildman–Crippen MR) is 50.0 cm³/mol. The van der Waals surface area contributed by atoms with Crippen LogP contribution in [0.3, 0.4) is 0 Å². The largest absolute Gasteiger partial charge is 0.389 e. The summed E-state index contributed by atoms with van der Waals surface area (Å²) in [6, 6.07) is 0. The minimum absolute atomic E-state index is 0.374. The number of terminal acetylenes is 1. The molecule has 3 heteroatoms. The van der Waals surface area contributed by atoms with Crippen molar-refractivity contribution in [2.45, 2.75) is 18.9 Å². The van der Waals surface area contributed by atoms with Gasteiger partial charge >= 0.3 is 0 Å². The topological polar surface area (TPSA) is 23.5 Å². The Balaban J connectivity index is 2.22. The molecule has 1 fully saturated rings. The van der Waals surface area contributed by atoms with Crippen molar-refractivity contribution in [3.63, 3.8) is 0 Å². The fraction of sp³-hybridized carbons (Fsp3) is 0.800. The lowest BCUT2D eigenvalue weighted by Gasteiger charge is -2.30. The van der Waals surface area contributed by atoms with Gasteiger partial charge in [-0.2, -0.15) is 0 Å². The number of rotatable bonds is 3. The predicted octanol–water partition coefficient (Wildman–Crippen LogP) is 0.662. The number of aliphatic hydroxyl groups is 1. The van der Waals surface area contributed by atoms with Gasteiger partial charge in [-0.15, -0.1) is 12.3 Å². The maximum absolute atomic E-state index is 12.0. The number of nitrogens with zero attached hydrogens (tertiary/aromatic N) is 1. The van der Waals surface area contributed by atoms with Gasteiger partial charge in [-0.25, -0.2) is 4.39 Å². The first-order valence-electron chi connectivity index (χ1n) is 4.68. The molecule has 1 heterocycles. The van der Waals surface area contributed by atoms with Crippen LogP contribution < -0.4 is 0 Å². The molecule has 74 valence electrons. The van der Waals surface area contributed by atoms with E-state index in [-0.39, 0.29) is 0 Å². The summed E-state index contributed by atoms with van der Waals surface area (Å²) in [6.45, 7) is 1.54. The lowest BCUT2D eigenvalue weighted by atomic mass is 9.98. The Bertz CT molecular complexity index is 182. The number of alkyl halides is 1. The molecule has 1 N–H and O–H groups in total. The average Bonchev–Trinajstić information content (AvgIpc) is 2.19. The van der Waals surface area contributed by atoms with Gasteiger partial charge in [-0.1, -0.05) is 0 Å². The summed E-state index contributed by atoms with van der Waals surface area (Å²) in [4.78, 5) is 2.07. The van der Waals surface area contributed by atoms with Crippen LogP contribution in [0.2, 0.25) is 0 Å².